The number of aromatic nitrogens is 3. The van der Waals surface area contributed by atoms with Crippen molar-refractivity contribution in [1.82, 2.24) is 14.5 Å². The van der Waals surface area contributed by atoms with Gasteiger partial charge in [0.25, 0.3) is 5.56 Å². The predicted octanol–water partition coefficient (Wildman–Crippen LogP) is 4.22. The summed E-state index contributed by atoms with van der Waals surface area (Å²) in [6, 6.07) is 5.85. The van der Waals surface area contributed by atoms with Gasteiger partial charge in [0.05, 0.1) is 10.9 Å². The van der Waals surface area contributed by atoms with E-state index in [2.05, 4.69) is 31.5 Å². The molecule has 8 heteroatoms. The van der Waals surface area contributed by atoms with E-state index in [-0.39, 0.29) is 17.5 Å². The van der Waals surface area contributed by atoms with E-state index in [0.29, 0.717) is 22.5 Å². The van der Waals surface area contributed by atoms with Crippen LogP contribution in [0.5, 0.6) is 0 Å². The standard InChI is InChI=1S/C21H20BrN5O2/c1-11-15-10-23-21(24-13-6-7-16-12(8-13)9-17(28)25-16)26-19(15)27(20(29)18(11)22)14-4-2-3-5-14/h6-8,10,14H,2-5,9H2,1H3,(H,25,28)(H,23,24,26). The molecule has 148 valence electrons. The second-order valence-electron chi connectivity index (χ2n) is 7.71. The number of aryl methyl sites for hydroxylation is 1. The molecule has 2 N–H and O–H groups in total. The Bertz CT molecular complexity index is 1210. The van der Waals surface area contributed by atoms with Gasteiger partial charge >= 0.3 is 0 Å². The Morgan fingerprint density at radius 1 is 1.24 bits per heavy atom. The van der Waals surface area contributed by atoms with Crippen molar-refractivity contribution in [2.45, 2.75) is 45.1 Å². The Hall–Kier alpha value is -2.74. The molecular weight excluding hydrogens is 434 g/mol. The highest BCUT2D eigenvalue weighted by molar-refractivity contribution is 9.10. The maximum atomic E-state index is 13.0. The van der Waals surface area contributed by atoms with Gasteiger partial charge in [-0.1, -0.05) is 12.8 Å². The lowest BCUT2D eigenvalue weighted by atomic mass is 10.1. The van der Waals surface area contributed by atoms with Gasteiger partial charge in [-0.2, -0.15) is 4.98 Å². The van der Waals surface area contributed by atoms with Crippen LogP contribution in [0, 0.1) is 6.92 Å². The second-order valence-corrected chi connectivity index (χ2v) is 8.50. The van der Waals surface area contributed by atoms with Gasteiger partial charge in [0, 0.05) is 29.0 Å². The van der Waals surface area contributed by atoms with Gasteiger partial charge in [-0.15, -0.1) is 0 Å². The summed E-state index contributed by atoms with van der Waals surface area (Å²) in [4.78, 5) is 33.8. The topological polar surface area (TPSA) is 88.9 Å². The molecular formula is C21H20BrN5O2. The Kier molecular flexibility index (Phi) is 4.38. The molecule has 0 unspecified atom stereocenters. The minimum absolute atomic E-state index is 0.000683. The van der Waals surface area contributed by atoms with Crippen LogP contribution >= 0.6 is 15.9 Å². The van der Waals surface area contributed by atoms with Crippen LogP contribution in [0.15, 0.2) is 33.7 Å². The van der Waals surface area contributed by atoms with Crippen molar-refractivity contribution in [3.05, 3.63) is 50.3 Å². The maximum absolute atomic E-state index is 13.0. The van der Waals surface area contributed by atoms with E-state index in [9.17, 15) is 9.59 Å². The van der Waals surface area contributed by atoms with Gasteiger partial charge in [-0.3, -0.25) is 14.2 Å². The molecule has 1 aliphatic heterocycles. The highest BCUT2D eigenvalue weighted by atomic mass is 79.9. The molecule has 1 amide bonds. The van der Waals surface area contributed by atoms with Crippen LogP contribution in [0.4, 0.5) is 17.3 Å². The first-order valence-electron chi connectivity index (χ1n) is 9.78. The molecule has 1 aromatic carbocycles. The van der Waals surface area contributed by atoms with Gasteiger partial charge in [-0.25, -0.2) is 4.98 Å². The number of hydrogen-bond acceptors (Lipinski definition) is 5. The zero-order valence-corrected chi connectivity index (χ0v) is 17.5. The Labute approximate surface area is 175 Å². The molecule has 2 aromatic heterocycles. The smallest absolute Gasteiger partial charge is 0.267 e. The number of rotatable bonds is 3. The third-order valence-corrected chi connectivity index (χ3v) is 6.75. The van der Waals surface area contributed by atoms with Gasteiger partial charge in [0.15, 0.2) is 0 Å². The number of hydrogen-bond donors (Lipinski definition) is 2. The molecule has 0 bridgehead atoms. The lowest BCUT2D eigenvalue weighted by molar-refractivity contribution is -0.115. The monoisotopic (exact) mass is 453 g/mol. The molecule has 5 rings (SSSR count). The van der Waals surface area contributed by atoms with Crippen LogP contribution in [0.25, 0.3) is 11.0 Å². The summed E-state index contributed by atoms with van der Waals surface area (Å²) in [7, 11) is 0. The summed E-state index contributed by atoms with van der Waals surface area (Å²) in [6.45, 7) is 1.91. The van der Waals surface area contributed by atoms with E-state index in [0.717, 1.165) is 53.6 Å². The number of nitrogens with zero attached hydrogens (tertiary/aromatic N) is 3. The zero-order chi connectivity index (χ0) is 20.1. The van der Waals surface area contributed by atoms with Crippen LogP contribution in [-0.4, -0.2) is 20.4 Å². The van der Waals surface area contributed by atoms with Gasteiger partial charge in [0.2, 0.25) is 11.9 Å². The molecule has 3 aromatic rings. The summed E-state index contributed by atoms with van der Waals surface area (Å²) in [5.41, 5.74) is 4.09. The number of pyridine rings is 1. The van der Waals surface area contributed by atoms with Crippen molar-refractivity contribution in [3.63, 3.8) is 0 Å². The molecule has 0 radical (unpaired) electrons. The van der Waals surface area contributed by atoms with E-state index in [1.54, 1.807) is 6.20 Å². The molecule has 0 atom stereocenters. The van der Waals surface area contributed by atoms with E-state index >= 15 is 0 Å². The summed E-state index contributed by atoms with van der Waals surface area (Å²) in [5, 5.41) is 6.93. The van der Waals surface area contributed by atoms with Crippen molar-refractivity contribution in [1.29, 1.82) is 0 Å². The number of amides is 1. The summed E-state index contributed by atoms with van der Waals surface area (Å²) in [6.07, 6.45) is 6.38. The zero-order valence-electron chi connectivity index (χ0n) is 16.0. The van der Waals surface area contributed by atoms with Crippen molar-refractivity contribution in [2.24, 2.45) is 0 Å². The fraction of sp³-hybridized carbons (Fsp3) is 0.333. The lowest BCUT2D eigenvalue weighted by Gasteiger charge is -2.18. The largest absolute Gasteiger partial charge is 0.326 e. The molecule has 1 fully saturated rings. The Balaban J connectivity index is 1.59. The van der Waals surface area contributed by atoms with E-state index in [1.165, 1.54) is 0 Å². The number of benzene rings is 1. The number of nitrogens with one attached hydrogen (secondary N) is 2. The Morgan fingerprint density at radius 2 is 2.03 bits per heavy atom. The normalized spacial score (nSPS) is 16.3. The fourth-order valence-corrected chi connectivity index (χ4v) is 4.70. The lowest BCUT2D eigenvalue weighted by Crippen LogP contribution is -2.26. The van der Waals surface area contributed by atoms with Crippen molar-refractivity contribution in [3.8, 4) is 0 Å². The molecule has 3 heterocycles. The number of carbonyl (C=O) groups is 1. The van der Waals surface area contributed by atoms with Crippen LogP contribution in [0.1, 0.15) is 42.9 Å². The van der Waals surface area contributed by atoms with E-state index in [4.69, 9.17) is 4.98 Å². The van der Waals surface area contributed by atoms with Gasteiger partial charge < -0.3 is 10.6 Å². The van der Waals surface area contributed by atoms with Crippen LogP contribution in [0.3, 0.4) is 0 Å². The van der Waals surface area contributed by atoms with E-state index < -0.39 is 0 Å². The first kappa shape index (κ1) is 18.3. The van der Waals surface area contributed by atoms with E-state index in [1.807, 2.05) is 29.7 Å². The molecule has 29 heavy (non-hydrogen) atoms. The van der Waals surface area contributed by atoms with Crippen molar-refractivity contribution < 1.29 is 4.79 Å². The molecule has 7 nitrogen and oxygen atoms in total. The van der Waals surface area contributed by atoms with Gasteiger partial charge in [0.1, 0.15) is 5.65 Å². The SMILES string of the molecule is Cc1c(Br)c(=O)n(C2CCCC2)c2nc(Nc3ccc4c(c3)CC(=O)N4)ncc12. The molecule has 1 aliphatic carbocycles. The number of carbonyl (C=O) groups excluding carboxylic acids is 1. The van der Waals surface area contributed by atoms with Crippen LogP contribution in [-0.2, 0) is 11.2 Å². The third-order valence-electron chi connectivity index (χ3n) is 5.81. The Morgan fingerprint density at radius 3 is 2.83 bits per heavy atom. The minimum Gasteiger partial charge on any atom is -0.326 e. The van der Waals surface area contributed by atoms with Crippen LogP contribution in [0.2, 0.25) is 0 Å². The summed E-state index contributed by atoms with van der Waals surface area (Å²) in [5.74, 6) is 0.434. The van der Waals surface area contributed by atoms with Crippen molar-refractivity contribution >= 4 is 50.2 Å². The molecule has 1 saturated carbocycles. The number of anilines is 3. The fourth-order valence-electron chi connectivity index (χ4n) is 4.30. The highest BCUT2D eigenvalue weighted by Gasteiger charge is 2.24. The first-order chi connectivity index (χ1) is 14.0. The molecule has 2 aliphatic rings. The number of fused-ring (bicyclic) bond motifs is 2. The summed E-state index contributed by atoms with van der Waals surface area (Å²) < 4.78 is 2.41. The minimum atomic E-state index is -0.0336. The third kappa shape index (κ3) is 3.11. The highest BCUT2D eigenvalue weighted by Crippen LogP contribution is 2.33. The predicted molar refractivity (Wildman–Crippen MR) is 116 cm³/mol. The second kappa shape index (κ2) is 6.95. The number of halogens is 1. The average molecular weight is 454 g/mol. The molecule has 0 spiro atoms. The molecule has 0 saturated heterocycles. The van der Waals surface area contributed by atoms with Crippen molar-refractivity contribution in [2.75, 3.05) is 10.6 Å². The average Bonchev–Trinajstić information content (AvgIpc) is 3.35. The van der Waals surface area contributed by atoms with Crippen LogP contribution < -0.4 is 16.2 Å². The quantitative estimate of drug-likeness (QED) is 0.619. The first-order valence-corrected chi connectivity index (χ1v) is 10.6. The summed E-state index contributed by atoms with van der Waals surface area (Å²) >= 11 is 3.47. The van der Waals surface area contributed by atoms with Gasteiger partial charge in [-0.05, 0) is 65.0 Å². The maximum Gasteiger partial charge on any atom is 0.267 e.